The summed E-state index contributed by atoms with van der Waals surface area (Å²) in [7, 11) is 0. The van der Waals surface area contributed by atoms with Gasteiger partial charge in [-0.25, -0.2) is 0 Å². The second-order valence-electron chi connectivity index (χ2n) is 9.05. The summed E-state index contributed by atoms with van der Waals surface area (Å²) in [6, 6.07) is 19.2. The first kappa shape index (κ1) is 21.0. The molecule has 2 saturated heterocycles. The third-order valence-corrected chi connectivity index (χ3v) is 7.16. The molecule has 2 amide bonds. The smallest absolute Gasteiger partial charge is 0.233 e. The van der Waals surface area contributed by atoms with Crippen molar-refractivity contribution in [2.24, 2.45) is 11.8 Å². The zero-order valence-corrected chi connectivity index (χ0v) is 18.5. The highest BCUT2D eigenvalue weighted by atomic mass is 16.2. The summed E-state index contributed by atoms with van der Waals surface area (Å²) in [6.07, 6.45) is 6.39. The lowest BCUT2D eigenvalue weighted by molar-refractivity contribution is -0.140. The van der Waals surface area contributed by atoms with Gasteiger partial charge in [-0.15, -0.1) is 0 Å². The second kappa shape index (κ2) is 9.29. The van der Waals surface area contributed by atoms with Gasteiger partial charge >= 0.3 is 0 Å². The number of piperazine rings is 1. The molecule has 2 aliphatic heterocycles. The molecule has 0 aromatic heterocycles. The number of amides is 2. The van der Waals surface area contributed by atoms with Gasteiger partial charge in [0.1, 0.15) is 0 Å². The van der Waals surface area contributed by atoms with E-state index < -0.39 is 0 Å². The average molecular weight is 430 g/mol. The third-order valence-electron chi connectivity index (χ3n) is 7.16. The average Bonchev–Trinajstić information content (AvgIpc) is 3.10. The van der Waals surface area contributed by atoms with Crippen LogP contribution < -0.4 is 4.90 Å². The van der Waals surface area contributed by atoms with Crippen LogP contribution in [-0.4, -0.2) is 60.9 Å². The number of carbonyl (C=O) groups excluding carboxylic acids is 2. The Hall–Kier alpha value is -2.92. The fraction of sp³-hybridized carbons (Fsp3) is 0.407. The van der Waals surface area contributed by atoms with Crippen LogP contribution in [0.1, 0.15) is 19.3 Å². The zero-order valence-electron chi connectivity index (χ0n) is 18.5. The molecule has 2 unspecified atom stereocenters. The topological polar surface area (TPSA) is 43.9 Å². The molecule has 0 radical (unpaired) electrons. The molecular weight excluding hydrogens is 398 g/mol. The first-order valence-electron chi connectivity index (χ1n) is 11.8. The van der Waals surface area contributed by atoms with E-state index in [0.29, 0.717) is 6.54 Å². The van der Waals surface area contributed by atoms with Crippen LogP contribution in [-0.2, 0) is 9.59 Å². The summed E-state index contributed by atoms with van der Waals surface area (Å²) in [5.74, 6) is -0.125. The molecule has 5 rings (SSSR count). The number of nitrogens with zero attached hydrogens (tertiary/aromatic N) is 3. The number of para-hydroxylation sites is 1. The number of fused-ring (bicyclic) bond motifs is 1. The van der Waals surface area contributed by atoms with Crippen molar-refractivity contribution in [3.8, 4) is 11.1 Å². The second-order valence-corrected chi connectivity index (χ2v) is 9.05. The van der Waals surface area contributed by atoms with Gasteiger partial charge in [0.2, 0.25) is 11.8 Å². The minimum Gasteiger partial charge on any atom is -0.368 e. The summed E-state index contributed by atoms with van der Waals surface area (Å²) in [5, 5.41) is 0. The van der Waals surface area contributed by atoms with Crippen LogP contribution in [0.2, 0.25) is 0 Å². The first-order chi connectivity index (χ1) is 15.7. The number of allylic oxidation sites excluding steroid dienone is 2. The molecule has 5 heteroatoms. The van der Waals surface area contributed by atoms with E-state index in [2.05, 4.69) is 64.4 Å². The highest BCUT2D eigenvalue weighted by Gasteiger charge is 2.46. The number of imide groups is 1. The maximum absolute atomic E-state index is 12.6. The fourth-order valence-corrected chi connectivity index (χ4v) is 5.37. The number of likely N-dealkylation sites (tertiary alicyclic amines) is 1. The lowest BCUT2D eigenvalue weighted by Gasteiger charge is -2.37. The van der Waals surface area contributed by atoms with Crippen molar-refractivity contribution in [1.82, 2.24) is 9.80 Å². The van der Waals surface area contributed by atoms with Crippen LogP contribution in [0.4, 0.5) is 5.69 Å². The monoisotopic (exact) mass is 429 g/mol. The number of anilines is 1. The number of hydrogen-bond donors (Lipinski definition) is 0. The van der Waals surface area contributed by atoms with E-state index in [4.69, 9.17) is 0 Å². The summed E-state index contributed by atoms with van der Waals surface area (Å²) < 4.78 is 0. The number of rotatable bonds is 6. The SMILES string of the molecule is O=C1C2CC=CCC2C(=O)N1CCCN1CCN(c2ccccc2-c2ccccc2)CC1. The van der Waals surface area contributed by atoms with Gasteiger partial charge in [-0.1, -0.05) is 60.7 Å². The van der Waals surface area contributed by atoms with Crippen LogP contribution in [0.3, 0.4) is 0 Å². The molecule has 0 N–H and O–H groups in total. The quantitative estimate of drug-likeness (QED) is 0.517. The van der Waals surface area contributed by atoms with Crippen molar-refractivity contribution in [3.05, 3.63) is 66.7 Å². The highest BCUT2D eigenvalue weighted by molar-refractivity contribution is 6.05. The Labute approximate surface area is 190 Å². The Morgan fingerprint density at radius 1 is 0.719 bits per heavy atom. The summed E-state index contributed by atoms with van der Waals surface area (Å²) in [5.41, 5.74) is 3.83. The van der Waals surface area contributed by atoms with Crippen molar-refractivity contribution < 1.29 is 9.59 Å². The Bertz CT molecular complexity index is 969. The molecule has 32 heavy (non-hydrogen) atoms. The predicted octanol–water partition coefficient (Wildman–Crippen LogP) is 3.82. The van der Waals surface area contributed by atoms with Crippen molar-refractivity contribution in [1.29, 1.82) is 0 Å². The Kier molecular flexibility index (Phi) is 6.08. The van der Waals surface area contributed by atoms with Gasteiger partial charge in [-0.2, -0.15) is 0 Å². The molecule has 3 aliphatic rings. The van der Waals surface area contributed by atoms with E-state index in [1.54, 1.807) is 0 Å². The zero-order chi connectivity index (χ0) is 21.9. The van der Waals surface area contributed by atoms with E-state index in [1.165, 1.54) is 21.7 Å². The summed E-state index contributed by atoms with van der Waals surface area (Å²) in [6.45, 7) is 5.46. The van der Waals surface area contributed by atoms with Crippen molar-refractivity contribution in [3.63, 3.8) is 0 Å². The molecule has 2 fully saturated rings. The minimum atomic E-state index is -0.110. The van der Waals surface area contributed by atoms with E-state index in [0.717, 1.165) is 52.0 Å². The van der Waals surface area contributed by atoms with Gasteiger partial charge in [0.25, 0.3) is 0 Å². The van der Waals surface area contributed by atoms with E-state index in [-0.39, 0.29) is 23.7 Å². The molecule has 2 aromatic carbocycles. The molecule has 2 atom stereocenters. The Balaban J connectivity index is 1.13. The fourth-order valence-electron chi connectivity index (χ4n) is 5.37. The van der Waals surface area contributed by atoms with Crippen LogP contribution in [0.15, 0.2) is 66.7 Å². The highest BCUT2D eigenvalue weighted by Crippen LogP contribution is 2.35. The maximum Gasteiger partial charge on any atom is 0.233 e. The standard InChI is InChI=1S/C27H31N3O2/c31-26-23-12-4-5-13-24(23)27(32)30(26)16-8-15-28-17-19-29(20-18-28)25-14-7-6-11-22(25)21-9-2-1-3-10-21/h1-7,9-11,14,23-24H,8,12-13,15-20H2. The van der Waals surface area contributed by atoms with E-state index in [1.807, 2.05) is 12.2 Å². The molecule has 2 heterocycles. The largest absolute Gasteiger partial charge is 0.368 e. The predicted molar refractivity (Wildman–Crippen MR) is 127 cm³/mol. The summed E-state index contributed by atoms with van der Waals surface area (Å²) >= 11 is 0. The maximum atomic E-state index is 12.6. The van der Waals surface area contributed by atoms with Gasteiger partial charge in [0.05, 0.1) is 11.8 Å². The van der Waals surface area contributed by atoms with Gasteiger partial charge in [-0.05, 0) is 37.4 Å². The molecule has 0 spiro atoms. The van der Waals surface area contributed by atoms with Crippen molar-refractivity contribution in [2.75, 3.05) is 44.2 Å². The normalized spacial score (nSPS) is 23.6. The molecule has 1 aliphatic carbocycles. The molecule has 5 nitrogen and oxygen atoms in total. The van der Waals surface area contributed by atoms with Gasteiger partial charge in [0.15, 0.2) is 0 Å². The van der Waals surface area contributed by atoms with E-state index >= 15 is 0 Å². The molecule has 2 aromatic rings. The molecule has 166 valence electrons. The molecular formula is C27H31N3O2. The first-order valence-corrected chi connectivity index (χ1v) is 11.8. The van der Waals surface area contributed by atoms with Crippen LogP contribution in [0, 0.1) is 11.8 Å². The Morgan fingerprint density at radius 2 is 1.34 bits per heavy atom. The van der Waals surface area contributed by atoms with Crippen molar-refractivity contribution in [2.45, 2.75) is 19.3 Å². The Morgan fingerprint density at radius 3 is 2.03 bits per heavy atom. The van der Waals surface area contributed by atoms with Crippen LogP contribution in [0.25, 0.3) is 11.1 Å². The number of hydrogen-bond acceptors (Lipinski definition) is 4. The third kappa shape index (κ3) is 4.09. The van der Waals surface area contributed by atoms with Crippen LogP contribution >= 0.6 is 0 Å². The molecule has 0 bridgehead atoms. The van der Waals surface area contributed by atoms with Gasteiger partial charge in [0, 0.05) is 44.0 Å². The number of benzene rings is 2. The minimum absolute atomic E-state index is 0.0479. The number of carbonyl (C=O) groups is 2. The van der Waals surface area contributed by atoms with E-state index in [9.17, 15) is 9.59 Å². The van der Waals surface area contributed by atoms with Gasteiger partial charge in [-0.3, -0.25) is 19.4 Å². The lowest BCUT2D eigenvalue weighted by atomic mass is 9.85. The van der Waals surface area contributed by atoms with Gasteiger partial charge < -0.3 is 4.90 Å². The van der Waals surface area contributed by atoms with Crippen molar-refractivity contribution >= 4 is 17.5 Å². The lowest BCUT2D eigenvalue weighted by Crippen LogP contribution is -2.47. The van der Waals surface area contributed by atoms with Crippen LogP contribution in [0.5, 0.6) is 0 Å². The molecule has 0 saturated carbocycles. The summed E-state index contributed by atoms with van der Waals surface area (Å²) in [4.78, 5) is 31.7.